The molecular formula is C18H13ClFN5O. The van der Waals surface area contributed by atoms with Crippen molar-refractivity contribution in [2.24, 2.45) is 0 Å². The Bertz CT molecular complexity index is 1140. The number of hydrogen-bond donors (Lipinski definition) is 2. The molecule has 0 aliphatic rings. The molecule has 0 amide bonds. The van der Waals surface area contributed by atoms with Crippen molar-refractivity contribution in [1.29, 1.82) is 0 Å². The van der Waals surface area contributed by atoms with Crippen LogP contribution in [0.5, 0.6) is 0 Å². The highest BCUT2D eigenvalue weighted by Gasteiger charge is 2.10. The average molecular weight is 370 g/mol. The summed E-state index contributed by atoms with van der Waals surface area (Å²) in [6.07, 6.45) is 0. The van der Waals surface area contributed by atoms with E-state index in [2.05, 4.69) is 20.4 Å². The van der Waals surface area contributed by atoms with E-state index in [1.165, 1.54) is 16.6 Å². The standard InChI is InChI=1S/C18H13ClFN5O/c19-12-7-5-11(6-8-12)17-23-18-22-13(9-16(26)25(18)24-17)10-21-15-4-2-1-3-14(15)20/h1-9,21H,10H2,(H,22,23,24). The van der Waals surface area contributed by atoms with E-state index in [0.29, 0.717) is 28.0 Å². The van der Waals surface area contributed by atoms with Crippen LogP contribution >= 0.6 is 11.6 Å². The first-order valence-electron chi connectivity index (χ1n) is 7.83. The Labute approximate surface area is 152 Å². The lowest BCUT2D eigenvalue weighted by Gasteiger charge is -2.07. The third-order valence-electron chi connectivity index (χ3n) is 3.83. The Kier molecular flexibility index (Phi) is 4.14. The summed E-state index contributed by atoms with van der Waals surface area (Å²) in [6.45, 7) is 0.246. The highest BCUT2D eigenvalue weighted by Crippen LogP contribution is 2.18. The molecule has 0 saturated carbocycles. The molecule has 2 heterocycles. The summed E-state index contributed by atoms with van der Waals surface area (Å²) in [5.41, 5.74) is 1.35. The Balaban J connectivity index is 1.65. The number of aromatic amines is 1. The van der Waals surface area contributed by atoms with Gasteiger partial charge in [-0.2, -0.15) is 9.50 Å². The Morgan fingerprint density at radius 3 is 2.69 bits per heavy atom. The number of fused-ring (bicyclic) bond motifs is 1. The molecule has 0 radical (unpaired) electrons. The van der Waals surface area contributed by atoms with E-state index in [9.17, 15) is 9.18 Å². The first kappa shape index (κ1) is 16.3. The fourth-order valence-electron chi connectivity index (χ4n) is 2.55. The zero-order valence-corrected chi connectivity index (χ0v) is 14.2. The third-order valence-corrected chi connectivity index (χ3v) is 4.08. The fourth-order valence-corrected chi connectivity index (χ4v) is 2.67. The van der Waals surface area contributed by atoms with Crippen molar-refractivity contribution in [3.05, 3.63) is 81.5 Å². The van der Waals surface area contributed by atoms with Crippen LogP contribution < -0.4 is 10.9 Å². The maximum absolute atomic E-state index is 13.7. The summed E-state index contributed by atoms with van der Waals surface area (Å²) >= 11 is 5.88. The van der Waals surface area contributed by atoms with Gasteiger partial charge in [-0.25, -0.2) is 4.39 Å². The summed E-state index contributed by atoms with van der Waals surface area (Å²) in [5, 5.41) is 7.78. The molecule has 6 nitrogen and oxygen atoms in total. The number of halogens is 2. The van der Waals surface area contributed by atoms with Gasteiger partial charge in [0.15, 0.2) is 5.82 Å². The van der Waals surface area contributed by atoms with Gasteiger partial charge in [0.1, 0.15) is 5.82 Å². The molecule has 0 fully saturated rings. The maximum atomic E-state index is 13.7. The Morgan fingerprint density at radius 1 is 1.15 bits per heavy atom. The van der Waals surface area contributed by atoms with E-state index in [0.717, 1.165) is 5.56 Å². The van der Waals surface area contributed by atoms with Crippen molar-refractivity contribution < 1.29 is 4.39 Å². The van der Waals surface area contributed by atoms with Crippen molar-refractivity contribution >= 4 is 23.1 Å². The van der Waals surface area contributed by atoms with Gasteiger partial charge in [0.05, 0.1) is 12.2 Å². The number of benzene rings is 2. The lowest BCUT2D eigenvalue weighted by Crippen LogP contribution is -2.17. The third kappa shape index (κ3) is 3.16. The molecule has 0 saturated heterocycles. The van der Waals surface area contributed by atoms with E-state index in [-0.39, 0.29) is 17.9 Å². The van der Waals surface area contributed by atoms with E-state index < -0.39 is 0 Å². The van der Waals surface area contributed by atoms with Gasteiger partial charge >= 0.3 is 0 Å². The van der Waals surface area contributed by atoms with Crippen molar-refractivity contribution in [2.45, 2.75) is 6.54 Å². The summed E-state index contributed by atoms with van der Waals surface area (Å²) in [4.78, 5) is 19.7. The van der Waals surface area contributed by atoms with Gasteiger partial charge in [0.2, 0.25) is 5.78 Å². The predicted molar refractivity (Wildman–Crippen MR) is 97.8 cm³/mol. The first-order chi connectivity index (χ1) is 12.6. The van der Waals surface area contributed by atoms with Crippen LogP contribution in [0.2, 0.25) is 5.02 Å². The van der Waals surface area contributed by atoms with Gasteiger partial charge in [-0.05, 0) is 36.4 Å². The first-order valence-corrected chi connectivity index (χ1v) is 8.21. The second-order valence-electron chi connectivity index (χ2n) is 5.64. The molecule has 0 bridgehead atoms. The molecule has 2 N–H and O–H groups in total. The van der Waals surface area contributed by atoms with Gasteiger partial charge in [0.25, 0.3) is 5.56 Å². The van der Waals surface area contributed by atoms with Crippen LogP contribution in [0.3, 0.4) is 0 Å². The number of para-hydroxylation sites is 1. The average Bonchev–Trinajstić information content (AvgIpc) is 3.06. The number of nitrogens with one attached hydrogen (secondary N) is 2. The molecule has 2 aromatic carbocycles. The molecule has 2 aromatic heterocycles. The number of nitrogens with zero attached hydrogens (tertiary/aromatic N) is 3. The van der Waals surface area contributed by atoms with E-state index in [1.807, 2.05) is 0 Å². The van der Waals surface area contributed by atoms with Crippen LogP contribution in [-0.2, 0) is 6.54 Å². The number of H-pyrrole nitrogens is 1. The number of rotatable bonds is 4. The largest absolute Gasteiger partial charge is 0.377 e. The molecule has 4 rings (SSSR count). The van der Waals surface area contributed by atoms with Gasteiger partial charge in [0, 0.05) is 22.3 Å². The lowest BCUT2D eigenvalue weighted by atomic mass is 10.2. The summed E-state index contributed by atoms with van der Waals surface area (Å²) in [5.74, 6) is 0.366. The molecule has 8 heteroatoms. The van der Waals surface area contributed by atoms with Gasteiger partial charge < -0.3 is 10.3 Å². The quantitative estimate of drug-likeness (QED) is 0.577. The molecular weight excluding hydrogens is 357 g/mol. The number of aromatic nitrogens is 4. The second-order valence-corrected chi connectivity index (χ2v) is 6.08. The van der Waals surface area contributed by atoms with E-state index >= 15 is 0 Å². The molecule has 4 aromatic rings. The normalized spacial score (nSPS) is 11.0. The van der Waals surface area contributed by atoms with Crippen molar-refractivity contribution in [3.63, 3.8) is 0 Å². The highest BCUT2D eigenvalue weighted by molar-refractivity contribution is 6.30. The fraction of sp³-hybridized carbons (Fsp3) is 0.0556. The highest BCUT2D eigenvalue weighted by atomic mass is 35.5. The smallest absolute Gasteiger partial charge is 0.275 e. The van der Waals surface area contributed by atoms with Gasteiger partial charge in [-0.1, -0.05) is 23.7 Å². The van der Waals surface area contributed by atoms with E-state index in [1.54, 1.807) is 42.5 Å². The predicted octanol–water partition coefficient (Wildman–Crippen LogP) is 3.49. The van der Waals surface area contributed by atoms with Crippen molar-refractivity contribution in [2.75, 3.05) is 5.32 Å². The van der Waals surface area contributed by atoms with Crippen LogP contribution in [-0.4, -0.2) is 19.6 Å². The SMILES string of the molecule is O=c1cc(CNc2ccccc2F)[nH]c2nc(-c3ccc(Cl)cc3)nn12. The zero-order valence-electron chi connectivity index (χ0n) is 13.4. The minimum Gasteiger partial charge on any atom is -0.377 e. The van der Waals surface area contributed by atoms with Crippen LogP contribution in [0.15, 0.2) is 59.4 Å². The van der Waals surface area contributed by atoms with E-state index in [4.69, 9.17) is 11.6 Å². The molecule has 130 valence electrons. The second kappa shape index (κ2) is 6.61. The van der Waals surface area contributed by atoms with Crippen LogP contribution in [0.4, 0.5) is 10.1 Å². The molecule has 0 spiro atoms. The van der Waals surface area contributed by atoms with Crippen molar-refractivity contribution in [1.82, 2.24) is 19.6 Å². The van der Waals surface area contributed by atoms with Crippen LogP contribution in [0.1, 0.15) is 5.69 Å². The summed E-state index contributed by atoms with van der Waals surface area (Å²) < 4.78 is 14.9. The van der Waals surface area contributed by atoms with Crippen LogP contribution in [0, 0.1) is 5.82 Å². The topological polar surface area (TPSA) is 75.1 Å². The Hall–Kier alpha value is -3.19. The molecule has 0 aliphatic carbocycles. The van der Waals surface area contributed by atoms with Crippen molar-refractivity contribution in [3.8, 4) is 11.4 Å². The number of hydrogen-bond acceptors (Lipinski definition) is 4. The minimum absolute atomic E-state index is 0.246. The zero-order chi connectivity index (χ0) is 18.1. The molecule has 0 atom stereocenters. The van der Waals surface area contributed by atoms with Crippen LogP contribution in [0.25, 0.3) is 17.2 Å². The monoisotopic (exact) mass is 369 g/mol. The molecule has 26 heavy (non-hydrogen) atoms. The Morgan fingerprint density at radius 2 is 1.92 bits per heavy atom. The number of anilines is 1. The maximum Gasteiger partial charge on any atom is 0.275 e. The summed E-state index contributed by atoms with van der Waals surface area (Å²) in [7, 11) is 0. The molecule has 0 unspecified atom stereocenters. The summed E-state index contributed by atoms with van der Waals surface area (Å²) in [6, 6.07) is 14.8. The molecule has 0 aliphatic heterocycles. The van der Waals surface area contributed by atoms with Gasteiger partial charge in [-0.3, -0.25) is 4.79 Å². The minimum atomic E-state index is -0.358. The van der Waals surface area contributed by atoms with Gasteiger partial charge in [-0.15, -0.1) is 5.10 Å². The lowest BCUT2D eigenvalue weighted by molar-refractivity contribution is 0.630.